The fourth-order valence-electron chi connectivity index (χ4n) is 2.80. The number of rotatable bonds is 9. The Labute approximate surface area is 189 Å². The normalized spacial score (nSPS) is 12.0. The molecule has 2 aromatic carbocycles. The number of Topliss-reactive ketones (excluding diaryl/α,β-unsaturated/α-hetero) is 1. The van der Waals surface area contributed by atoms with Crippen molar-refractivity contribution in [2.45, 2.75) is 17.2 Å². The third-order valence-corrected chi connectivity index (χ3v) is 7.24. The molecular weight excluding hydrogens is 454 g/mol. The highest BCUT2D eigenvalue weighted by atomic mass is 32.2. The third-order valence-electron chi connectivity index (χ3n) is 4.46. The maximum absolute atomic E-state index is 12.7. The molecule has 3 aromatic rings. The van der Waals surface area contributed by atoms with Gasteiger partial charge < -0.3 is 14.2 Å². The van der Waals surface area contributed by atoms with E-state index in [1.807, 2.05) is 0 Å². The summed E-state index contributed by atoms with van der Waals surface area (Å²) in [5, 5.41) is 1.66. The number of nitrogens with one attached hydrogen (secondary N) is 1. The van der Waals surface area contributed by atoms with Crippen LogP contribution in [0.15, 0.2) is 64.2 Å². The number of hydrogen-bond acceptors (Lipinski definition) is 8. The maximum atomic E-state index is 12.7. The van der Waals surface area contributed by atoms with Gasteiger partial charge in [-0.3, -0.25) is 9.52 Å². The molecular formula is C22H21NO7S2. The van der Waals surface area contributed by atoms with Crippen LogP contribution < -0.4 is 14.2 Å². The van der Waals surface area contributed by atoms with E-state index in [1.54, 1.807) is 29.6 Å². The van der Waals surface area contributed by atoms with Gasteiger partial charge in [0, 0.05) is 11.8 Å². The molecule has 0 fully saturated rings. The summed E-state index contributed by atoms with van der Waals surface area (Å²) in [5.74, 6) is -0.318. The number of thiophene rings is 1. The van der Waals surface area contributed by atoms with Crippen molar-refractivity contribution in [1.29, 1.82) is 0 Å². The van der Waals surface area contributed by atoms with Crippen LogP contribution in [0, 0.1) is 0 Å². The van der Waals surface area contributed by atoms with Crippen LogP contribution in [0.3, 0.4) is 0 Å². The largest absolute Gasteiger partial charge is 0.497 e. The summed E-state index contributed by atoms with van der Waals surface area (Å²) in [6.45, 7) is 1.47. The smallest absolute Gasteiger partial charge is 0.338 e. The van der Waals surface area contributed by atoms with Crippen molar-refractivity contribution < 1.29 is 32.2 Å². The van der Waals surface area contributed by atoms with Crippen LogP contribution in [0.1, 0.15) is 27.6 Å². The Hall–Kier alpha value is -3.37. The summed E-state index contributed by atoms with van der Waals surface area (Å²) in [5.41, 5.74) is 0.722. The minimum atomic E-state index is -3.69. The molecule has 0 radical (unpaired) electrons. The molecule has 0 amide bonds. The van der Waals surface area contributed by atoms with Crippen molar-refractivity contribution in [2.24, 2.45) is 0 Å². The summed E-state index contributed by atoms with van der Waals surface area (Å²) in [6.07, 6.45) is -1.07. The molecule has 3 rings (SSSR count). The average Bonchev–Trinajstić information content (AvgIpc) is 3.34. The van der Waals surface area contributed by atoms with Crippen molar-refractivity contribution in [3.63, 3.8) is 0 Å². The van der Waals surface area contributed by atoms with E-state index in [2.05, 4.69) is 4.72 Å². The van der Waals surface area contributed by atoms with Crippen molar-refractivity contribution in [2.75, 3.05) is 18.9 Å². The van der Waals surface area contributed by atoms with E-state index in [4.69, 9.17) is 14.2 Å². The van der Waals surface area contributed by atoms with Crippen LogP contribution in [-0.2, 0) is 14.8 Å². The molecule has 32 heavy (non-hydrogen) atoms. The SMILES string of the molecule is COc1ccc(C(=O)[C@@H](C)OC(=O)c2ccc(NS(=O)(=O)c3cccs3)cc2)c(OC)c1. The second kappa shape index (κ2) is 9.84. The molecule has 1 atom stereocenters. The number of ketones is 1. The number of esters is 1. The first kappa shape index (κ1) is 23.3. The summed E-state index contributed by atoms with van der Waals surface area (Å²) in [4.78, 5) is 25.2. The predicted molar refractivity (Wildman–Crippen MR) is 120 cm³/mol. The van der Waals surface area contributed by atoms with Crippen LogP contribution >= 0.6 is 11.3 Å². The number of anilines is 1. The Morgan fingerprint density at radius 2 is 1.72 bits per heavy atom. The second-order valence-corrected chi connectivity index (χ2v) is 9.45. The lowest BCUT2D eigenvalue weighted by Gasteiger charge is -2.15. The van der Waals surface area contributed by atoms with Gasteiger partial charge in [0.25, 0.3) is 10.0 Å². The van der Waals surface area contributed by atoms with Crippen LogP contribution in [0.5, 0.6) is 11.5 Å². The van der Waals surface area contributed by atoms with Gasteiger partial charge in [0.1, 0.15) is 15.7 Å². The number of carbonyl (C=O) groups is 2. The first-order chi connectivity index (χ1) is 15.2. The van der Waals surface area contributed by atoms with Gasteiger partial charge in [-0.05, 0) is 54.8 Å². The highest BCUT2D eigenvalue weighted by Crippen LogP contribution is 2.26. The van der Waals surface area contributed by atoms with Gasteiger partial charge in [0.05, 0.1) is 25.3 Å². The third kappa shape index (κ3) is 5.27. The fourth-order valence-corrected chi connectivity index (χ4v) is 4.85. The monoisotopic (exact) mass is 475 g/mol. The lowest BCUT2D eigenvalue weighted by atomic mass is 10.1. The van der Waals surface area contributed by atoms with Gasteiger partial charge in [-0.15, -0.1) is 11.3 Å². The number of carbonyl (C=O) groups excluding carboxylic acids is 2. The van der Waals surface area contributed by atoms with Crippen LogP contribution in [-0.4, -0.2) is 40.5 Å². The Morgan fingerprint density at radius 1 is 1.00 bits per heavy atom. The van der Waals surface area contributed by atoms with Crippen LogP contribution in [0.2, 0.25) is 0 Å². The zero-order chi connectivity index (χ0) is 23.3. The van der Waals surface area contributed by atoms with Gasteiger partial charge in [0.15, 0.2) is 6.10 Å². The fraction of sp³-hybridized carbons (Fsp3) is 0.182. The van der Waals surface area contributed by atoms with E-state index >= 15 is 0 Å². The van der Waals surface area contributed by atoms with Gasteiger partial charge in [-0.25, -0.2) is 13.2 Å². The molecule has 1 aromatic heterocycles. The summed E-state index contributed by atoms with van der Waals surface area (Å²) < 4.78 is 42.8. The summed E-state index contributed by atoms with van der Waals surface area (Å²) in [7, 11) is -0.763. The molecule has 0 aliphatic carbocycles. The Balaban J connectivity index is 1.67. The molecule has 10 heteroatoms. The standard InChI is InChI=1S/C22H21NO7S2/c1-14(21(24)18-11-10-17(28-2)13-19(18)29-3)30-22(25)15-6-8-16(9-7-15)23-32(26,27)20-5-4-12-31-20/h4-14,23H,1-3H3/t14-/m1/s1. The molecule has 0 aliphatic heterocycles. The molecule has 0 spiro atoms. The van der Waals surface area contributed by atoms with Crippen LogP contribution in [0.4, 0.5) is 5.69 Å². The lowest BCUT2D eigenvalue weighted by Crippen LogP contribution is -2.25. The first-order valence-corrected chi connectivity index (χ1v) is 11.7. The number of benzene rings is 2. The minimum Gasteiger partial charge on any atom is -0.497 e. The summed E-state index contributed by atoms with van der Waals surface area (Å²) in [6, 6.07) is 13.6. The second-order valence-electron chi connectivity index (χ2n) is 6.59. The highest BCUT2D eigenvalue weighted by molar-refractivity contribution is 7.94. The van der Waals surface area contributed by atoms with E-state index in [0.717, 1.165) is 11.3 Å². The van der Waals surface area contributed by atoms with Crippen molar-refractivity contribution in [1.82, 2.24) is 0 Å². The van der Waals surface area contributed by atoms with Crippen molar-refractivity contribution in [3.05, 3.63) is 71.1 Å². The Kier molecular flexibility index (Phi) is 7.16. The van der Waals surface area contributed by atoms with E-state index in [-0.39, 0.29) is 15.3 Å². The maximum Gasteiger partial charge on any atom is 0.338 e. The van der Waals surface area contributed by atoms with E-state index in [9.17, 15) is 18.0 Å². The van der Waals surface area contributed by atoms with Gasteiger partial charge in [-0.2, -0.15) is 0 Å². The minimum absolute atomic E-state index is 0.172. The van der Waals surface area contributed by atoms with E-state index < -0.39 is 27.9 Å². The number of sulfonamides is 1. The number of methoxy groups -OCH3 is 2. The van der Waals surface area contributed by atoms with Gasteiger partial charge in [-0.1, -0.05) is 6.07 Å². The molecule has 168 valence electrons. The molecule has 1 heterocycles. The topological polar surface area (TPSA) is 108 Å². The molecule has 0 unspecified atom stereocenters. The number of ether oxygens (including phenoxy) is 3. The van der Waals surface area contributed by atoms with Crippen molar-refractivity contribution in [3.8, 4) is 11.5 Å². The molecule has 0 bridgehead atoms. The quantitative estimate of drug-likeness (QED) is 0.368. The van der Waals surface area contributed by atoms with Crippen molar-refractivity contribution >= 4 is 38.8 Å². The zero-order valence-corrected chi connectivity index (χ0v) is 19.2. The molecule has 0 saturated heterocycles. The molecule has 0 aliphatic rings. The zero-order valence-electron chi connectivity index (χ0n) is 17.5. The molecule has 8 nitrogen and oxygen atoms in total. The van der Waals surface area contributed by atoms with E-state index in [0.29, 0.717) is 17.2 Å². The predicted octanol–water partition coefficient (Wildman–Crippen LogP) is 3.99. The Morgan fingerprint density at radius 3 is 2.31 bits per heavy atom. The summed E-state index contributed by atoms with van der Waals surface area (Å²) >= 11 is 1.10. The van der Waals surface area contributed by atoms with Gasteiger partial charge >= 0.3 is 5.97 Å². The molecule has 0 saturated carbocycles. The average molecular weight is 476 g/mol. The first-order valence-electron chi connectivity index (χ1n) is 9.38. The lowest BCUT2D eigenvalue weighted by molar-refractivity contribution is 0.0317. The van der Waals surface area contributed by atoms with Crippen LogP contribution in [0.25, 0.3) is 0 Å². The highest BCUT2D eigenvalue weighted by Gasteiger charge is 2.24. The number of hydrogen-bond donors (Lipinski definition) is 1. The van der Waals surface area contributed by atoms with Gasteiger partial charge in [0.2, 0.25) is 5.78 Å². The Bertz CT molecular complexity index is 1200. The molecule has 1 N–H and O–H groups in total. The van der Waals surface area contributed by atoms with E-state index in [1.165, 1.54) is 51.5 Å².